The van der Waals surface area contributed by atoms with Crippen molar-refractivity contribution in [1.82, 2.24) is 20.3 Å². The van der Waals surface area contributed by atoms with Crippen molar-refractivity contribution in [2.24, 2.45) is 0 Å². The molecule has 0 unspecified atom stereocenters. The first kappa shape index (κ1) is 28.7. The summed E-state index contributed by atoms with van der Waals surface area (Å²) in [5.74, 6) is 0.133. The molecule has 0 saturated carbocycles. The van der Waals surface area contributed by atoms with Crippen molar-refractivity contribution in [2.75, 3.05) is 18.4 Å². The number of ether oxygens (including phenoxy) is 1. The van der Waals surface area contributed by atoms with Crippen LogP contribution in [0.3, 0.4) is 0 Å². The largest absolute Gasteiger partial charge is 0.437 e. The lowest BCUT2D eigenvalue weighted by molar-refractivity contribution is 0.466. The normalized spacial score (nSPS) is 15.3. The van der Waals surface area contributed by atoms with Crippen molar-refractivity contribution in [2.45, 2.75) is 37.3 Å². The molecule has 0 aliphatic carbocycles. The molecule has 0 amide bonds. The van der Waals surface area contributed by atoms with Gasteiger partial charge < -0.3 is 15.4 Å². The molecule has 0 spiro atoms. The molecule has 220 valence electrons. The molecule has 1 atom stereocenters. The van der Waals surface area contributed by atoms with Gasteiger partial charge in [-0.15, -0.1) is 0 Å². The molecule has 1 saturated heterocycles. The number of aromatic nitrogens is 3. The van der Waals surface area contributed by atoms with Crippen LogP contribution >= 0.6 is 0 Å². The Morgan fingerprint density at radius 1 is 0.953 bits per heavy atom. The fraction of sp³-hybridized carbons (Fsp3) is 0.242. The number of rotatable bonds is 9. The highest BCUT2D eigenvalue weighted by Crippen LogP contribution is 2.38. The third-order valence-electron chi connectivity index (χ3n) is 7.53. The van der Waals surface area contributed by atoms with E-state index < -0.39 is 21.4 Å². The molecule has 1 aliphatic heterocycles. The predicted molar refractivity (Wildman–Crippen MR) is 166 cm³/mol. The monoisotopic (exact) mass is 597 g/mol. The van der Waals surface area contributed by atoms with Crippen LogP contribution in [0.5, 0.6) is 11.6 Å². The summed E-state index contributed by atoms with van der Waals surface area (Å²) in [7, 11) is -3.66. The Morgan fingerprint density at radius 2 is 1.79 bits per heavy atom. The maximum absolute atomic E-state index is 15.2. The molecule has 3 aromatic carbocycles. The van der Waals surface area contributed by atoms with E-state index in [0.29, 0.717) is 45.2 Å². The molecule has 2 N–H and O–H groups in total. The van der Waals surface area contributed by atoms with Crippen molar-refractivity contribution in [3.63, 3.8) is 0 Å². The first-order chi connectivity index (χ1) is 20.9. The van der Waals surface area contributed by atoms with Gasteiger partial charge in [-0.1, -0.05) is 42.5 Å². The van der Waals surface area contributed by atoms with Crippen LogP contribution in [-0.4, -0.2) is 42.5 Å². The molecule has 6 rings (SSSR count). The molecule has 8 nitrogen and oxygen atoms in total. The van der Waals surface area contributed by atoms with E-state index in [2.05, 4.69) is 20.6 Å². The molecule has 5 aromatic rings. The third kappa shape index (κ3) is 6.65. The Hall–Kier alpha value is -4.41. The Balaban J connectivity index is 1.33. The number of halogens is 1. The van der Waals surface area contributed by atoms with Gasteiger partial charge in [0.25, 0.3) is 0 Å². The first-order valence-electron chi connectivity index (χ1n) is 14.2. The number of benzene rings is 3. The van der Waals surface area contributed by atoms with Crippen LogP contribution in [-0.2, 0) is 21.3 Å². The minimum atomic E-state index is -3.66. The van der Waals surface area contributed by atoms with Gasteiger partial charge in [0.15, 0.2) is 9.84 Å². The summed E-state index contributed by atoms with van der Waals surface area (Å²) in [5.41, 5.74) is 2.87. The molecule has 10 heteroatoms. The van der Waals surface area contributed by atoms with Gasteiger partial charge in [0.1, 0.15) is 11.6 Å². The zero-order valence-electron chi connectivity index (χ0n) is 23.8. The topological polar surface area (TPSA) is 106 Å². The van der Waals surface area contributed by atoms with Gasteiger partial charge in [0.2, 0.25) is 11.8 Å². The van der Waals surface area contributed by atoms with Crippen LogP contribution in [0.15, 0.2) is 85.2 Å². The van der Waals surface area contributed by atoms with Crippen LogP contribution in [0.1, 0.15) is 29.5 Å². The highest BCUT2D eigenvalue weighted by atomic mass is 32.2. The fourth-order valence-electron chi connectivity index (χ4n) is 5.40. The second-order valence-corrected chi connectivity index (χ2v) is 12.8. The number of aryl methyl sites for hydroxylation is 1. The van der Waals surface area contributed by atoms with Gasteiger partial charge in [0.05, 0.1) is 22.8 Å². The maximum atomic E-state index is 15.2. The number of nitrogens with zero attached hydrogens (tertiary/aromatic N) is 3. The lowest BCUT2D eigenvalue weighted by atomic mass is 10.0. The standard InChI is InChI=1S/C33H32FN5O3S/c1-22-11-12-25-26(13-14-29(34)28(25)21-43(40,41)20-23-7-3-2-4-8-23)31(22)42-32-27(10-6-17-36-32)30-15-18-37-33(39-30)38-24-9-5-16-35-19-24/h2-4,6-8,10-15,17-18,24,35H,5,9,16,19-21H2,1H3,(H,37,38,39)/t24-/m0/s1. The number of hydrogen-bond acceptors (Lipinski definition) is 8. The molecule has 1 aliphatic rings. The number of fused-ring (bicyclic) bond motifs is 1. The van der Waals surface area contributed by atoms with Crippen LogP contribution in [0.2, 0.25) is 0 Å². The predicted octanol–water partition coefficient (Wildman–Crippen LogP) is 6.21. The molecular weight excluding hydrogens is 565 g/mol. The van der Waals surface area contributed by atoms with Gasteiger partial charge in [-0.05, 0) is 73.2 Å². The summed E-state index contributed by atoms with van der Waals surface area (Å²) in [4.78, 5) is 13.7. The number of pyridine rings is 1. The van der Waals surface area contributed by atoms with E-state index in [1.807, 2.05) is 25.1 Å². The lowest BCUT2D eigenvalue weighted by Crippen LogP contribution is -2.38. The minimum Gasteiger partial charge on any atom is -0.437 e. The zero-order chi connectivity index (χ0) is 29.8. The quantitative estimate of drug-likeness (QED) is 0.207. The smallest absolute Gasteiger partial charge is 0.228 e. The van der Waals surface area contributed by atoms with Gasteiger partial charge in [0, 0.05) is 35.9 Å². The number of piperidine rings is 1. The van der Waals surface area contributed by atoms with Gasteiger partial charge in [-0.3, -0.25) is 0 Å². The summed E-state index contributed by atoms with van der Waals surface area (Å²) in [5, 5.41) is 7.86. The van der Waals surface area contributed by atoms with E-state index in [4.69, 9.17) is 9.72 Å². The van der Waals surface area contributed by atoms with Gasteiger partial charge in [-0.2, -0.15) is 0 Å². The molecular formula is C33H32FN5O3S. The Morgan fingerprint density at radius 3 is 2.60 bits per heavy atom. The van der Waals surface area contributed by atoms with Crippen molar-refractivity contribution < 1.29 is 17.5 Å². The Bertz CT molecular complexity index is 1860. The Kier molecular flexibility index (Phi) is 8.31. The highest BCUT2D eigenvalue weighted by Gasteiger charge is 2.22. The average Bonchev–Trinajstić information content (AvgIpc) is 3.01. The number of sulfone groups is 1. The summed E-state index contributed by atoms with van der Waals surface area (Å²) in [6.07, 6.45) is 5.46. The van der Waals surface area contributed by atoms with Crippen LogP contribution in [0.25, 0.3) is 22.0 Å². The molecule has 0 radical (unpaired) electrons. The number of hydrogen-bond donors (Lipinski definition) is 2. The van der Waals surface area contributed by atoms with Crippen LogP contribution < -0.4 is 15.4 Å². The fourth-order valence-corrected chi connectivity index (χ4v) is 6.94. The molecule has 3 heterocycles. The van der Waals surface area contributed by atoms with Gasteiger partial charge >= 0.3 is 0 Å². The SMILES string of the molecule is Cc1ccc2c(CS(=O)(=O)Cc3ccccc3)c(F)ccc2c1Oc1ncccc1-c1ccnc(N[C@H]2CCCNC2)n1. The molecule has 0 bridgehead atoms. The summed E-state index contributed by atoms with van der Waals surface area (Å²) < 4.78 is 47.9. The van der Waals surface area contributed by atoms with E-state index in [1.54, 1.807) is 60.9 Å². The highest BCUT2D eigenvalue weighted by molar-refractivity contribution is 7.89. The summed E-state index contributed by atoms with van der Waals surface area (Å²) in [6.45, 7) is 3.75. The lowest BCUT2D eigenvalue weighted by Gasteiger charge is -2.23. The van der Waals surface area contributed by atoms with Crippen molar-refractivity contribution in [3.8, 4) is 22.9 Å². The molecule has 2 aromatic heterocycles. The van der Waals surface area contributed by atoms with Crippen LogP contribution in [0.4, 0.5) is 10.3 Å². The number of nitrogens with one attached hydrogen (secondary N) is 2. The van der Waals surface area contributed by atoms with E-state index in [-0.39, 0.29) is 17.4 Å². The second-order valence-electron chi connectivity index (χ2n) is 10.8. The van der Waals surface area contributed by atoms with Gasteiger partial charge in [-0.25, -0.2) is 27.8 Å². The first-order valence-corrected chi connectivity index (χ1v) is 16.1. The molecule has 43 heavy (non-hydrogen) atoms. The minimum absolute atomic E-state index is 0.114. The average molecular weight is 598 g/mol. The Labute approximate surface area is 250 Å². The summed E-state index contributed by atoms with van der Waals surface area (Å²) in [6, 6.07) is 21.1. The van der Waals surface area contributed by atoms with E-state index in [1.165, 1.54) is 6.07 Å². The number of anilines is 1. The van der Waals surface area contributed by atoms with E-state index >= 15 is 4.39 Å². The van der Waals surface area contributed by atoms with Crippen molar-refractivity contribution >= 4 is 26.6 Å². The van der Waals surface area contributed by atoms with Crippen molar-refractivity contribution in [3.05, 3.63) is 108 Å². The summed E-state index contributed by atoms with van der Waals surface area (Å²) >= 11 is 0. The zero-order valence-corrected chi connectivity index (χ0v) is 24.6. The van der Waals surface area contributed by atoms with E-state index in [0.717, 1.165) is 31.5 Å². The third-order valence-corrected chi connectivity index (χ3v) is 9.03. The van der Waals surface area contributed by atoms with Crippen molar-refractivity contribution in [1.29, 1.82) is 0 Å². The van der Waals surface area contributed by atoms with E-state index in [9.17, 15) is 8.42 Å². The molecule has 1 fully saturated rings. The second kappa shape index (κ2) is 12.4. The maximum Gasteiger partial charge on any atom is 0.228 e. The van der Waals surface area contributed by atoms with Crippen LogP contribution in [0, 0.1) is 12.7 Å².